The number of imidazole rings is 1. The minimum absolute atomic E-state index is 0.151. The molecule has 1 amide bonds. The molecule has 4 N–H and O–H groups in total. The fourth-order valence-corrected chi connectivity index (χ4v) is 2.42. The summed E-state index contributed by atoms with van der Waals surface area (Å²) in [6, 6.07) is 5.13. The van der Waals surface area contributed by atoms with Crippen LogP contribution in [0.15, 0.2) is 18.2 Å². The van der Waals surface area contributed by atoms with Gasteiger partial charge in [0.2, 0.25) is 5.91 Å². The molecule has 1 heterocycles. The van der Waals surface area contributed by atoms with Crippen molar-refractivity contribution in [1.82, 2.24) is 15.3 Å². The second-order valence-electron chi connectivity index (χ2n) is 4.67. The van der Waals surface area contributed by atoms with Crippen LogP contribution in [0.3, 0.4) is 0 Å². The van der Waals surface area contributed by atoms with Crippen LogP contribution < -0.4 is 15.8 Å². The Kier molecular flexibility index (Phi) is 5.46. The molecule has 0 unspecified atom stereocenters. The Morgan fingerprint density at radius 1 is 1.57 bits per heavy atom. The van der Waals surface area contributed by atoms with E-state index in [0.29, 0.717) is 18.8 Å². The quantitative estimate of drug-likeness (QED) is 0.716. The summed E-state index contributed by atoms with van der Waals surface area (Å²) in [5.74, 6) is 2.19. The van der Waals surface area contributed by atoms with E-state index in [-0.39, 0.29) is 5.91 Å². The topological polar surface area (TPSA) is 93.0 Å². The van der Waals surface area contributed by atoms with Gasteiger partial charge < -0.3 is 20.8 Å². The first kappa shape index (κ1) is 15.7. The van der Waals surface area contributed by atoms with Crippen LogP contribution in [-0.4, -0.2) is 41.0 Å². The Balaban J connectivity index is 1.95. The monoisotopic (exact) mass is 308 g/mol. The van der Waals surface area contributed by atoms with Gasteiger partial charge in [-0.25, -0.2) is 4.98 Å². The van der Waals surface area contributed by atoms with Gasteiger partial charge in [0.1, 0.15) is 11.6 Å². The highest BCUT2D eigenvalue weighted by atomic mass is 32.2. The van der Waals surface area contributed by atoms with Crippen LogP contribution in [0.1, 0.15) is 12.2 Å². The van der Waals surface area contributed by atoms with E-state index in [1.54, 1.807) is 18.9 Å². The second-order valence-corrected chi connectivity index (χ2v) is 5.66. The summed E-state index contributed by atoms with van der Waals surface area (Å²) in [7, 11) is 1.62. The number of nitrogens with zero attached hydrogens (tertiary/aromatic N) is 1. The van der Waals surface area contributed by atoms with Crippen molar-refractivity contribution in [3.8, 4) is 5.75 Å². The van der Waals surface area contributed by atoms with Gasteiger partial charge in [-0.1, -0.05) is 0 Å². The number of aromatic amines is 1. The number of ether oxygens (including phenoxy) is 1. The summed E-state index contributed by atoms with van der Waals surface area (Å²) in [6.45, 7) is 0.336. The lowest BCUT2D eigenvalue weighted by atomic mass is 10.2. The smallest absolute Gasteiger partial charge is 0.237 e. The Morgan fingerprint density at radius 2 is 2.38 bits per heavy atom. The van der Waals surface area contributed by atoms with E-state index in [2.05, 4.69) is 15.3 Å². The predicted molar refractivity (Wildman–Crippen MR) is 85.5 cm³/mol. The average Bonchev–Trinajstić information content (AvgIpc) is 2.91. The number of aromatic nitrogens is 2. The molecule has 2 rings (SSSR count). The Hall–Kier alpha value is -1.73. The van der Waals surface area contributed by atoms with Crippen molar-refractivity contribution in [2.75, 3.05) is 19.1 Å². The van der Waals surface area contributed by atoms with Gasteiger partial charge in [-0.15, -0.1) is 0 Å². The first-order valence-electron chi connectivity index (χ1n) is 6.69. The van der Waals surface area contributed by atoms with Crippen LogP contribution in [0.2, 0.25) is 0 Å². The summed E-state index contributed by atoms with van der Waals surface area (Å²) >= 11 is 1.68. The highest BCUT2D eigenvalue weighted by Crippen LogP contribution is 2.18. The third kappa shape index (κ3) is 4.12. The first-order valence-corrected chi connectivity index (χ1v) is 8.08. The number of amides is 1. The molecule has 0 fully saturated rings. The number of hydrogen-bond acceptors (Lipinski definition) is 5. The maximum Gasteiger partial charge on any atom is 0.237 e. The number of hydrogen-bond donors (Lipinski definition) is 3. The lowest BCUT2D eigenvalue weighted by molar-refractivity contribution is -0.122. The van der Waals surface area contributed by atoms with Gasteiger partial charge in [-0.05, 0) is 30.6 Å². The van der Waals surface area contributed by atoms with Crippen LogP contribution in [0.4, 0.5) is 0 Å². The molecule has 0 aliphatic rings. The maximum absolute atomic E-state index is 11.8. The maximum atomic E-state index is 11.8. The number of H-pyrrole nitrogens is 1. The largest absolute Gasteiger partial charge is 0.497 e. The molecule has 2 aromatic rings. The van der Waals surface area contributed by atoms with E-state index >= 15 is 0 Å². The molecule has 1 atom stereocenters. The molecule has 0 aliphatic carbocycles. The predicted octanol–water partition coefficient (Wildman–Crippen LogP) is 1.27. The van der Waals surface area contributed by atoms with Gasteiger partial charge in [0.05, 0.1) is 30.7 Å². The SMILES string of the molecule is COc1ccc2nc(CNC(=O)[C@@H](N)CCSC)[nH]c2c1. The number of rotatable bonds is 7. The number of nitrogens with one attached hydrogen (secondary N) is 2. The highest BCUT2D eigenvalue weighted by Gasteiger charge is 2.13. The number of thioether (sulfide) groups is 1. The van der Waals surface area contributed by atoms with Crippen LogP contribution in [-0.2, 0) is 11.3 Å². The van der Waals surface area contributed by atoms with Crippen molar-refractivity contribution in [3.63, 3.8) is 0 Å². The van der Waals surface area contributed by atoms with Gasteiger partial charge in [0, 0.05) is 6.07 Å². The molecule has 0 spiro atoms. The fraction of sp³-hybridized carbons (Fsp3) is 0.429. The Bertz CT molecular complexity index is 614. The molecular formula is C14H20N4O2S. The van der Waals surface area contributed by atoms with E-state index in [9.17, 15) is 4.79 Å². The molecule has 1 aromatic carbocycles. The van der Waals surface area contributed by atoms with Crippen molar-refractivity contribution in [2.24, 2.45) is 5.73 Å². The fourth-order valence-electron chi connectivity index (χ4n) is 1.93. The van der Waals surface area contributed by atoms with Crippen LogP contribution in [0, 0.1) is 0 Å². The van der Waals surface area contributed by atoms with Gasteiger partial charge in [-0.2, -0.15) is 11.8 Å². The molecule has 6 nitrogen and oxygen atoms in total. The standard InChI is InChI=1S/C14H20N4O2S/c1-20-9-3-4-11-12(7-9)18-13(17-11)8-16-14(19)10(15)5-6-21-2/h3-4,7,10H,5-6,8,15H2,1-2H3,(H,16,19)(H,17,18)/t10-/m0/s1. The molecule has 0 radical (unpaired) electrons. The highest BCUT2D eigenvalue weighted by molar-refractivity contribution is 7.98. The van der Waals surface area contributed by atoms with Crippen LogP contribution in [0.25, 0.3) is 11.0 Å². The molecular weight excluding hydrogens is 288 g/mol. The zero-order chi connectivity index (χ0) is 15.2. The molecule has 0 saturated carbocycles. The van der Waals surface area contributed by atoms with E-state index in [1.165, 1.54) is 0 Å². The van der Waals surface area contributed by atoms with E-state index < -0.39 is 6.04 Å². The Morgan fingerprint density at radius 3 is 3.10 bits per heavy atom. The average molecular weight is 308 g/mol. The van der Waals surface area contributed by atoms with Crippen molar-refractivity contribution in [3.05, 3.63) is 24.0 Å². The Labute approximate surface area is 127 Å². The van der Waals surface area contributed by atoms with Crippen LogP contribution in [0.5, 0.6) is 5.75 Å². The van der Waals surface area contributed by atoms with Crippen molar-refractivity contribution in [2.45, 2.75) is 19.0 Å². The minimum atomic E-state index is -0.470. The number of carbonyl (C=O) groups is 1. The minimum Gasteiger partial charge on any atom is -0.497 e. The molecule has 21 heavy (non-hydrogen) atoms. The zero-order valence-corrected chi connectivity index (χ0v) is 13.0. The summed E-state index contributed by atoms with van der Waals surface area (Å²) in [6.07, 6.45) is 2.66. The number of fused-ring (bicyclic) bond motifs is 1. The first-order chi connectivity index (χ1) is 10.1. The third-order valence-corrected chi connectivity index (χ3v) is 3.78. The number of nitrogens with two attached hydrogens (primary N) is 1. The molecule has 0 aliphatic heterocycles. The number of carbonyl (C=O) groups excluding carboxylic acids is 1. The number of methoxy groups -OCH3 is 1. The van der Waals surface area contributed by atoms with E-state index in [4.69, 9.17) is 10.5 Å². The normalized spacial score (nSPS) is 12.3. The molecule has 0 bridgehead atoms. The van der Waals surface area contributed by atoms with Gasteiger partial charge >= 0.3 is 0 Å². The van der Waals surface area contributed by atoms with Crippen molar-refractivity contribution < 1.29 is 9.53 Å². The summed E-state index contributed by atoms with van der Waals surface area (Å²) in [4.78, 5) is 19.4. The van der Waals surface area contributed by atoms with Crippen LogP contribution >= 0.6 is 11.8 Å². The molecule has 114 valence electrons. The summed E-state index contributed by atoms with van der Waals surface area (Å²) in [5, 5.41) is 2.80. The molecule has 7 heteroatoms. The summed E-state index contributed by atoms with van der Waals surface area (Å²) in [5.41, 5.74) is 7.53. The van der Waals surface area contributed by atoms with E-state index in [0.717, 1.165) is 22.5 Å². The number of benzene rings is 1. The third-order valence-electron chi connectivity index (χ3n) is 3.14. The van der Waals surface area contributed by atoms with Gasteiger partial charge in [0.25, 0.3) is 0 Å². The van der Waals surface area contributed by atoms with Crippen molar-refractivity contribution in [1.29, 1.82) is 0 Å². The zero-order valence-electron chi connectivity index (χ0n) is 12.2. The molecule has 0 saturated heterocycles. The second kappa shape index (κ2) is 7.33. The lowest BCUT2D eigenvalue weighted by Crippen LogP contribution is -2.40. The lowest BCUT2D eigenvalue weighted by Gasteiger charge is -2.10. The van der Waals surface area contributed by atoms with Crippen molar-refractivity contribution >= 4 is 28.7 Å². The van der Waals surface area contributed by atoms with Gasteiger partial charge in [0.15, 0.2) is 0 Å². The van der Waals surface area contributed by atoms with Gasteiger partial charge in [-0.3, -0.25) is 4.79 Å². The summed E-state index contributed by atoms with van der Waals surface area (Å²) < 4.78 is 5.16. The van der Waals surface area contributed by atoms with E-state index in [1.807, 2.05) is 24.5 Å². The molecule has 1 aromatic heterocycles.